The number of piperazine rings is 1. The lowest BCUT2D eigenvalue weighted by Crippen LogP contribution is -2.43. The SMILES string of the molecule is O=C(Nc1cc(Nc2cnccn2)nc(-c2ccnc(N3CCNCC3)c2)c1)N1CCC(OCc2ccccc2)CC1. The number of nitrogens with zero attached hydrogens (tertiary/aromatic N) is 6. The van der Waals surface area contributed by atoms with Gasteiger partial charge in [0, 0.05) is 75.2 Å². The van der Waals surface area contributed by atoms with Gasteiger partial charge in [0.2, 0.25) is 0 Å². The molecule has 0 aliphatic carbocycles. The van der Waals surface area contributed by atoms with Crippen molar-refractivity contribution in [1.29, 1.82) is 0 Å². The molecule has 0 spiro atoms. The summed E-state index contributed by atoms with van der Waals surface area (Å²) in [5, 5.41) is 9.69. The Morgan fingerprint density at radius 2 is 1.76 bits per heavy atom. The third kappa shape index (κ3) is 7.17. The maximum atomic E-state index is 13.3. The Morgan fingerprint density at radius 1 is 0.929 bits per heavy atom. The Balaban J connectivity index is 1.16. The molecule has 42 heavy (non-hydrogen) atoms. The first-order valence-corrected chi connectivity index (χ1v) is 14.4. The molecule has 2 saturated heterocycles. The molecule has 0 atom stereocenters. The molecule has 0 radical (unpaired) electrons. The molecule has 0 bridgehead atoms. The lowest BCUT2D eigenvalue weighted by molar-refractivity contribution is 0.00540. The van der Waals surface area contributed by atoms with Gasteiger partial charge in [0.25, 0.3) is 0 Å². The van der Waals surface area contributed by atoms with Crippen LogP contribution in [0.25, 0.3) is 11.3 Å². The van der Waals surface area contributed by atoms with Gasteiger partial charge < -0.3 is 30.5 Å². The zero-order valence-electron chi connectivity index (χ0n) is 23.4. The molecule has 4 aromatic rings. The lowest BCUT2D eigenvalue weighted by Gasteiger charge is -2.32. The van der Waals surface area contributed by atoms with Crippen LogP contribution in [0, 0.1) is 0 Å². The third-order valence-electron chi connectivity index (χ3n) is 7.44. The van der Waals surface area contributed by atoms with Crippen molar-refractivity contribution in [2.75, 3.05) is 54.8 Å². The Bertz CT molecular complexity index is 1460. The van der Waals surface area contributed by atoms with E-state index in [2.05, 4.69) is 47.9 Å². The number of ether oxygens (including phenoxy) is 1. The second-order valence-electron chi connectivity index (χ2n) is 10.4. The van der Waals surface area contributed by atoms with E-state index in [9.17, 15) is 4.79 Å². The van der Waals surface area contributed by atoms with Crippen molar-refractivity contribution < 1.29 is 9.53 Å². The standard InChI is InChI=1S/C31H35N9O2/c41-31(40-14-7-26(8-15-40)42-22-23-4-2-1-3-5-23)36-25-19-27(37-28(20-25)38-29-21-33-10-11-34-29)24-6-9-35-30(18-24)39-16-12-32-13-17-39/h1-6,9-11,18-21,26,32H,7-8,12-17,22H2,(H2,34,36,37,38,41). The van der Waals surface area contributed by atoms with E-state index in [0.717, 1.165) is 56.0 Å². The Morgan fingerprint density at radius 3 is 2.55 bits per heavy atom. The first-order valence-electron chi connectivity index (χ1n) is 14.4. The summed E-state index contributed by atoms with van der Waals surface area (Å²) in [6.45, 7) is 5.49. The molecule has 6 rings (SSSR count). The van der Waals surface area contributed by atoms with E-state index in [1.807, 2.05) is 47.4 Å². The molecule has 216 valence electrons. The summed E-state index contributed by atoms with van der Waals surface area (Å²) in [6.07, 6.45) is 8.40. The number of hydrogen-bond acceptors (Lipinski definition) is 9. The van der Waals surface area contributed by atoms with Gasteiger partial charge in [-0.3, -0.25) is 4.98 Å². The highest BCUT2D eigenvalue weighted by molar-refractivity contribution is 5.91. The second kappa shape index (κ2) is 13.4. The van der Waals surface area contributed by atoms with Crippen LogP contribution in [0.1, 0.15) is 18.4 Å². The summed E-state index contributed by atoms with van der Waals surface area (Å²) in [5.74, 6) is 2.02. The number of carbonyl (C=O) groups excluding carboxylic acids is 1. The summed E-state index contributed by atoms with van der Waals surface area (Å²) in [7, 11) is 0. The van der Waals surface area contributed by atoms with Gasteiger partial charge in [-0.2, -0.15) is 0 Å². The number of carbonyl (C=O) groups is 1. The minimum atomic E-state index is -0.143. The highest BCUT2D eigenvalue weighted by Crippen LogP contribution is 2.28. The van der Waals surface area contributed by atoms with Crippen LogP contribution in [0.3, 0.4) is 0 Å². The van der Waals surface area contributed by atoms with Crippen LogP contribution in [-0.2, 0) is 11.3 Å². The van der Waals surface area contributed by atoms with Crippen molar-refractivity contribution >= 4 is 29.2 Å². The topological polar surface area (TPSA) is 120 Å². The van der Waals surface area contributed by atoms with Crippen LogP contribution in [-0.4, -0.2) is 76.2 Å². The fourth-order valence-electron chi connectivity index (χ4n) is 5.17. The van der Waals surface area contributed by atoms with Crippen molar-refractivity contribution in [2.24, 2.45) is 0 Å². The zero-order valence-corrected chi connectivity index (χ0v) is 23.4. The van der Waals surface area contributed by atoms with Gasteiger partial charge in [0.05, 0.1) is 24.6 Å². The van der Waals surface area contributed by atoms with Crippen LogP contribution < -0.4 is 20.9 Å². The summed E-state index contributed by atoms with van der Waals surface area (Å²) < 4.78 is 6.11. The minimum absolute atomic E-state index is 0.140. The molecule has 1 aromatic carbocycles. The zero-order chi connectivity index (χ0) is 28.6. The molecule has 0 saturated carbocycles. The second-order valence-corrected chi connectivity index (χ2v) is 10.4. The predicted molar refractivity (Wildman–Crippen MR) is 163 cm³/mol. The van der Waals surface area contributed by atoms with Crippen LogP contribution in [0.5, 0.6) is 0 Å². The number of hydrogen-bond donors (Lipinski definition) is 3. The van der Waals surface area contributed by atoms with E-state index in [4.69, 9.17) is 9.72 Å². The molecule has 2 aliphatic heterocycles. The number of benzene rings is 1. The number of rotatable bonds is 8. The van der Waals surface area contributed by atoms with E-state index in [1.54, 1.807) is 24.8 Å². The van der Waals surface area contributed by atoms with Crippen LogP contribution in [0.2, 0.25) is 0 Å². The van der Waals surface area contributed by atoms with Crippen molar-refractivity contribution in [3.8, 4) is 11.3 Å². The molecule has 11 heteroatoms. The lowest BCUT2D eigenvalue weighted by atomic mass is 10.1. The fourth-order valence-corrected chi connectivity index (χ4v) is 5.17. The molecule has 0 unspecified atom stereocenters. The number of piperidine rings is 1. The van der Waals surface area contributed by atoms with Gasteiger partial charge in [-0.05, 0) is 36.6 Å². The summed E-state index contributed by atoms with van der Waals surface area (Å²) >= 11 is 0. The van der Waals surface area contributed by atoms with E-state index >= 15 is 0 Å². The predicted octanol–water partition coefficient (Wildman–Crippen LogP) is 4.30. The first-order chi connectivity index (χ1) is 20.7. The van der Waals surface area contributed by atoms with E-state index in [1.165, 1.54) is 0 Å². The van der Waals surface area contributed by atoms with Gasteiger partial charge >= 0.3 is 6.03 Å². The number of anilines is 4. The molecular weight excluding hydrogens is 530 g/mol. The monoisotopic (exact) mass is 565 g/mol. The molecule has 11 nitrogen and oxygen atoms in total. The van der Waals surface area contributed by atoms with E-state index in [-0.39, 0.29) is 12.1 Å². The van der Waals surface area contributed by atoms with Gasteiger partial charge in [-0.15, -0.1) is 0 Å². The van der Waals surface area contributed by atoms with Gasteiger partial charge in [-0.1, -0.05) is 30.3 Å². The molecule has 2 amide bonds. The number of likely N-dealkylation sites (tertiary alicyclic amines) is 1. The summed E-state index contributed by atoms with van der Waals surface area (Å²) in [6, 6.07) is 17.7. The molecular formula is C31H35N9O2. The highest BCUT2D eigenvalue weighted by atomic mass is 16.5. The van der Waals surface area contributed by atoms with E-state index < -0.39 is 0 Å². The maximum Gasteiger partial charge on any atom is 0.321 e. The average molecular weight is 566 g/mol. The number of urea groups is 1. The molecule has 3 aromatic heterocycles. The highest BCUT2D eigenvalue weighted by Gasteiger charge is 2.24. The number of nitrogens with one attached hydrogen (secondary N) is 3. The average Bonchev–Trinajstić information content (AvgIpc) is 3.05. The smallest absolute Gasteiger partial charge is 0.321 e. The maximum absolute atomic E-state index is 13.3. The largest absolute Gasteiger partial charge is 0.373 e. The molecule has 3 N–H and O–H groups in total. The third-order valence-corrected chi connectivity index (χ3v) is 7.44. The fraction of sp³-hybridized carbons (Fsp3) is 0.323. The van der Waals surface area contributed by atoms with Crippen molar-refractivity contribution in [3.05, 3.63) is 84.9 Å². The first kappa shape index (κ1) is 27.6. The van der Waals surface area contributed by atoms with Gasteiger partial charge in [0.15, 0.2) is 0 Å². The van der Waals surface area contributed by atoms with Gasteiger partial charge in [0.1, 0.15) is 17.5 Å². The molecule has 2 fully saturated rings. The Kier molecular flexibility index (Phi) is 8.77. The van der Waals surface area contributed by atoms with Crippen molar-refractivity contribution in [1.82, 2.24) is 30.2 Å². The number of amides is 2. The minimum Gasteiger partial charge on any atom is -0.373 e. The summed E-state index contributed by atoms with van der Waals surface area (Å²) in [5.41, 5.74) is 3.42. The van der Waals surface area contributed by atoms with Crippen molar-refractivity contribution in [2.45, 2.75) is 25.6 Å². The quantitative estimate of drug-likeness (QED) is 0.287. The summed E-state index contributed by atoms with van der Waals surface area (Å²) in [4.78, 5) is 35.3. The number of pyridine rings is 2. The van der Waals surface area contributed by atoms with E-state index in [0.29, 0.717) is 42.7 Å². The normalized spacial score (nSPS) is 15.8. The van der Waals surface area contributed by atoms with Crippen LogP contribution in [0.4, 0.5) is 27.9 Å². The Labute approximate surface area is 245 Å². The van der Waals surface area contributed by atoms with Crippen LogP contribution in [0.15, 0.2) is 79.4 Å². The van der Waals surface area contributed by atoms with Crippen molar-refractivity contribution in [3.63, 3.8) is 0 Å². The van der Waals surface area contributed by atoms with Gasteiger partial charge in [-0.25, -0.2) is 19.7 Å². The molecule has 5 heterocycles. The number of aromatic nitrogens is 4. The molecule has 2 aliphatic rings. The Hall–Kier alpha value is -4.61. The van der Waals surface area contributed by atoms with Crippen LogP contribution >= 0.6 is 0 Å².